The van der Waals surface area contributed by atoms with Crippen LogP contribution in [-0.4, -0.2) is 24.5 Å². The molecule has 0 amide bonds. The predicted molar refractivity (Wildman–Crippen MR) is 121 cm³/mol. The van der Waals surface area contributed by atoms with E-state index in [1.807, 2.05) is 48.8 Å². The fourth-order valence-corrected chi connectivity index (χ4v) is 4.28. The third-order valence-electron chi connectivity index (χ3n) is 5.39. The van der Waals surface area contributed by atoms with Crippen LogP contribution in [0.2, 0.25) is 0 Å². The Balaban J connectivity index is 1.54. The maximum Gasteiger partial charge on any atom is 0.170 e. The standard InChI is InChI=1S/C24H21N5S/c30-24-27-22(21-10-4-5-13-26-21)23(29(24)16-18-7-6-12-25-15-18)19-11-14-28(17-19)20-8-2-1-3-9-20/h1-15,17,22-23H,16H2,(H,27,30)/t22-,23+/m1/s1. The molecule has 148 valence electrons. The Morgan fingerprint density at radius 2 is 1.80 bits per heavy atom. The van der Waals surface area contributed by atoms with Crippen LogP contribution < -0.4 is 5.32 Å². The summed E-state index contributed by atoms with van der Waals surface area (Å²) in [4.78, 5) is 11.1. The van der Waals surface area contributed by atoms with Crippen LogP contribution in [0.25, 0.3) is 5.69 Å². The van der Waals surface area contributed by atoms with Gasteiger partial charge in [-0.3, -0.25) is 9.97 Å². The van der Waals surface area contributed by atoms with E-state index < -0.39 is 0 Å². The van der Waals surface area contributed by atoms with Crippen molar-refractivity contribution in [3.05, 3.63) is 115 Å². The molecule has 5 nitrogen and oxygen atoms in total. The van der Waals surface area contributed by atoms with Gasteiger partial charge in [-0.15, -0.1) is 0 Å². The topological polar surface area (TPSA) is 46.0 Å². The average Bonchev–Trinajstić information content (AvgIpc) is 3.41. The van der Waals surface area contributed by atoms with Gasteiger partial charge < -0.3 is 14.8 Å². The van der Waals surface area contributed by atoms with Gasteiger partial charge in [0, 0.05) is 43.2 Å². The summed E-state index contributed by atoms with van der Waals surface area (Å²) >= 11 is 5.75. The molecule has 1 fully saturated rings. The van der Waals surface area contributed by atoms with E-state index in [4.69, 9.17) is 12.2 Å². The van der Waals surface area contributed by atoms with E-state index in [-0.39, 0.29) is 12.1 Å². The number of aromatic nitrogens is 3. The molecule has 1 saturated heterocycles. The lowest BCUT2D eigenvalue weighted by atomic mass is 9.99. The molecule has 4 aromatic rings. The fraction of sp³-hybridized carbons (Fsp3) is 0.125. The van der Waals surface area contributed by atoms with Crippen molar-refractivity contribution in [3.8, 4) is 5.69 Å². The summed E-state index contributed by atoms with van der Waals surface area (Å²) in [6.45, 7) is 0.685. The molecule has 5 rings (SSSR count). The number of para-hydroxylation sites is 1. The predicted octanol–water partition coefficient (Wildman–Crippen LogP) is 4.44. The second kappa shape index (κ2) is 8.08. The first-order valence-corrected chi connectivity index (χ1v) is 10.3. The second-order valence-electron chi connectivity index (χ2n) is 7.30. The number of pyridine rings is 2. The maximum atomic E-state index is 5.75. The van der Waals surface area contributed by atoms with E-state index in [0.29, 0.717) is 6.54 Å². The van der Waals surface area contributed by atoms with Gasteiger partial charge >= 0.3 is 0 Å². The van der Waals surface area contributed by atoms with Crippen LogP contribution in [0.15, 0.2) is 97.7 Å². The molecule has 0 radical (unpaired) electrons. The average molecular weight is 412 g/mol. The van der Waals surface area contributed by atoms with Crippen molar-refractivity contribution in [1.82, 2.24) is 24.8 Å². The zero-order chi connectivity index (χ0) is 20.3. The van der Waals surface area contributed by atoms with Crippen LogP contribution in [0.5, 0.6) is 0 Å². The molecule has 0 spiro atoms. The van der Waals surface area contributed by atoms with Gasteiger partial charge in [0.15, 0.2) is 5.11 Å². The summed E-state index contributed by atoms with van der Waals surface area (Å²) in [6, 6.07) is 22.5. The van der Waals surface area contributed by atoms with Crippen LogP contribution in [0.3, 0.4) is 0 Å². The van der Waals surface area contributed by atoms with Gasteiger partial charge in [0.25, 0.3) is 0 Å². The Kier molecular flexibility index (Phi) is 4.99. The molecule has 30 heavy (non-hydrogen) atoms. The van der Waals surface area contributed by atoms with E-state index >= 15 is 0 Å². The number of rotatable bonds is 5. The highest BCUT2D eigenvalue weighted by Gasteiger charge is 2.40. The first kappa shape index (κ1) is 18.5. The molecule has 0 unspecified atom stereocenters. The molecule has 0 saturated carbocycles. The van der Waals surface area contributed by atoms with Gasteiger partial charge in [-0.1, -0.05) is 30.3 Å². The van der Waals surface area contributed by atoms with E-state index in [1.165, 1.54) is 5.56 Å². The number of nitrogens with zero attached hydrogens (tertiary/aromatic N) is 4. The van der Waals surface area contributed by atoms with E-state index in [2.05, 4.69) is 67.5 Å². The Bertz CT molecular complexity index is 1130. The van der Waals surface area contributed by atoms with Gasteiger partial charge in [0.05, 0.1) is 17.8 Å². The molecule has 0 aliphatic carbocycles. The van der Waals surface area contributed by atoms with Crippen molar-refractivity contribution in [2.45, 2.75) is 18.6 Å². The largest absolute Gasteiger partial charge is 0.352 e. The summed E-state index contributed by atoms with van der Waals surface area (Å²) in [5.74, 6) is 0. The summed E-state index contributed by atoms with van der Waals surface area (Å²) < 4.78 is 2.15. The molecule has 0 bridgehead atoms. The van der Waals surface area contributed by atoms with Crippen molar-refractivity contribution in [1.29, 1.82) is 0 Å². The lowest BCUT2D eigenvalue weighted by Crippen LogP contribution is -2.29. The minimum atomic E-state index is -0.0259. The maximum absolute atomic E-state index is 5.75. The van der Waals surface area contributed by atoms with Crippen LogP contribution in [0.1, 0.15) is 28.9 Å². The first-order chi connectivity index (χ1) is 14.8. The third kappa shape index (κ3) is 3.57. The van der Waals surface area contributed by atoms with Crippen molar-refractivity contribution in [2.24, 2.45) is 0 Å². The SMILES string of the molecule is S=C1N[C@H](c2ccccn2)[C@H](c2ccn(-c3ccccc3)c2)N1Cc1cccnc1. The zero-order valence-electron chi connectivity index (χ0n) is 16.3. The zero-order valence-corrected chi connectivity index (χ0v) is 17.1. The smallest absolute Gasteiger partial charge is 0.170 e. The molecule has 6 heteroatoms. The molecule has 1 aliphatic rings. The number of benzene rings is 1. The number of nitrogens with one attached hydrogen (secondary N) is 1. The molecule has 1 N–H and O–H groups in total. The molecular weight excluding hydrogens is 390 g/mol. The molecule has 1 aliphatic heterocycles. The number of hydrogen-bond donors (Lipinski definition) is 1. The number of thiocarbonyl (C=S) groups is 1. The van der Waals surface area contributed by atoms with Gasteiger partial charge in [-0.2, -0.15) is 0 Å². The Hall–Kier alpha value is -3.51. The minimum absolute atomic E-state index is 0.0255. The molecule has 2 atom stereocenters. The fourth-order valence-electron chi connectivity index (χ4n) is 3.98. The van der Waals surface area contributed by atoms with Crippen molar-refractivity contribution >= 4 is 17.3 Å². The number of hydrogen-bond acceptors (Lipinski definition) is 3. The summed E-state index contributed by atoms with van der Waals surface area (Å²) in [5.41, 5.74) is 4.41. The third-order valence-corrected chi connectivity index (χ3v) is 5.74. The lowest BCUT2D eigenvalue weighted by molar-refractivity contribution is 0.311. The molecule has 4 heterocycles. The van der Waals surface area contributed by atoms with E-state index in [1.54, 1.807) is 6.20 Å². The van der Waals surface area contributed by atoms with Crippen LogP contribution >= 0.6 is 12.2 Å². The highest BCUT2D eigenvalue weighted by molar-refractivity contribution is 7.80. The molecule has 3 aromatic heterocycles. The van der Waals surface area contributed by atoms with Crippen LogP contribution in [-0.2, 0) is 6.54 Å². The minimum Gasteiger partial charge on any atom is -0.352 e. The van der Waals surface area contributed by atoms with Gasteiger partial charge in [-0.05, 0) is 59.7 Å². The van der Waals surface area contributed by atoms with Gasteiger partial charge in [-0.25, -0.2) is 0 Å². The highest BCUT2D eigenvalue weighted by atomic mass is 32.1. The summed E-state index contributed by atoms with van der Waals surface area (Å²) in [6.07, 6.45) is 9.79. The molecule has 1 aromatic carbocycles. The highest BCUT2D eigenvalue weighted by Crippen LogP contribution is 2.39. The van der Waals surface area contributed by atoms with E-state index in [0.717, 1.165) is 22.1 Å². The second-order valence-corrected chi connectivity index (χ2v) is 7.69. The van der Waals surface area contributed by atoms with E-state index in [9.17, 15) is 0 Å². The Morgan fingerprint density at radius 1 is 0.933 bits per heavy atom. The first-order valence-electron chi connectivity index (χ1n) is 9.90. The summed E-state index contributed by atoms with van der Waals surface area (Å²) in [5, 5.41) is 4.23. The van der Waals surface area contributed by atoms with Crippen molar-refractivity contribution < 1.29 is 0 Å². The molecular formula is C24H21N5S. The Morgan fingerprint density at radius 3 is 2.57 bits per heavy atom. The van der Waals surface area contributed by atoms with Gasteiger partial charge in [0.1, 0.15) is 0 Å². The van der Waals surface area contributed by atoms with Crippen molar-refractivity contribution in [2.75, 3.05) is 0 Å². The monoisotopic (exact) mass is 411 g/mol. The van der Waals surface area contributed by atoms with Crippen LogP contribution in [0, 0.1) is 0 Å². The normalized spacial score (nSPS) is 18.4. The van der Waals surface area contributed by atoms with Crippen molar-refractivity contribution in [3.63, 3.8) is 0 Å². The van der Waals surface area contributed by atoms with Crippen LogP contribution in [0.4, 0.5) is 0 Å². The Labute approximate surface area is 181 Å². The quantitative estimate of drug-likeness (QED) is 0.492. The van der Waals surface area contributed by atoms with Gasteiger partial charge in [0.2, 0.25) is 0 Å². The summed E-state index contributed by atoms with van der Waals surface area (Å²) in [7, 11) is 0. The lowest BCUT2D eigenvalue weighted by Gasteiger charge is -2.27.